The number of hydrogen-bond acceptors (Lipinski definition) is 2. The fourth-order valence-electron chi connectivity index (χ4n) is 2.91. The summed E-state index contributed by atoms with van der Waals surface area (Å²) in [5, 5.41) is 3.28. The van der Waals surface area contributed by atoms with Crippen molar-refractivity contribution in [2.45, 2.75) is 13.8 Å². The first-order chi connectivity index (χ1) is 12.8. The molecule has 0 spiro atoms. The zero-order valence-corrected chi connectivity index (χ0v) is 16.6. The second kappa shape index (κ2) is 10.4. The molecule has 3 rings (SSSR count). The van der Waals surface area contributed by atoms with Gasteiger partial charge in [0.2, 0.25) is 5.69 Å². The zero-order chi connectivity index (χ0) is 18.2. The van der Waals surface area contributed by atoms with Crippen LogP contribution >= 0.6 is 0 Å². The molecule has 0 fully saturated rings. The van der Waals surface area contributed by atoms with Crippen LogP contribution in [0.1, 0.15) is 19.4 Å². The third-order valence-electron chi connectivity index (χ3n) is 4.43. The molecule has 1 aromatic heterocycles. The number of aromatic nitrogens is 1. The summed E-state index contributed by atoms with van der Waals surface area (Å²) >= 11 is 0. The number of rotatable bonds is 7. The van der Waals surface area contributed by atoms with Gasteiger partial charge in [-0.2, -0.15) is 4.57 Å². The van der Waals surface area contributed by atoms with E-state index in [0.717, 1.165) is 24.3 Å². The molecular weight excluding hydrogens is 354 g/mol. The molecule has 0 unspecified atom stereocenters. The highest BCUT2D eigenvalue weighted by molar-refractivity contribution is 5.54. The quantitative estimate of drug-likeness (QED) is 0.632. The summed E-state index contributed by atoms with van der Waals surface area (Å²) in [4.78, 5) is 2.35. The van der Waals surface area contributed by atoms with E-state index in [1.54, 1.807) is 0 Å². The van der Waals surface area contributed by atoms with Crippen molar-refractivity contribution in [2.75, 3.05) is 23.3 Å². The molecule has 3 nitrogen and oxygen atoms in total. The minimum atomic E-state index is 0. The van der Waals surface area contributed by atoms with Gasteiger partial charge in [-0.3, -0.25) is 0 Å². The summed E-state index contributed by atoms with van der Waals surface area (Å²) in [5.41, 5.74) is 4.68. The fraction of sp³-hybridized carbons (Fsp3) is 0.174. The van der Waals surface area contributed by atoms with Crippen LogP contribution in [0.5, 0.6) is 0 Å². The highest BCUT2D eigenvalue weighted by Crippen LogP contribution is 2.15. The molecule has 0 radical (unpaired) electrons. The van der Waals surface area contributed by atoms with Gasteiger partial charge >= 0.3 is 0 Å². The van der Waals surface area contributed by atoms with Crippen LogP contribution < -0.4 is 27.2 Å². The lowest BCUT2D eigenvalue weighted by atomic mass is 10.2. The summed E-state index contributed by atoms with van der Waals surface area (Å²) in [7, 11) is 0. The number of pyridine rings is 1. The number of anilines is 2. The van der Waals surface area contributed by atoms with Crippen molar-refractivity contribution in [3.05, 3.63) is 90.9 Å². The van der Waals surface area contributed by atoms with Crippen LogP contribution in [-0.2, 0) is 0 Å². The Kier molecular flexibility index (Phi) is 7.90. The van der Waals surface area contributed by atoms with Crippen LogP contribution in [0.15, 0.2) is 85.3 Å². The highest BCUT2D eigenvalue weighted by Gasteiger charge is 2.07. The molecule has 1 N–H and O–H groups in total. The van der Waals surface area contributed by atoms with Crippen molar-refractivity contribution < 1.29 is 17.0 Å². The van der Waals surface area contributed by atoms with Gasteiger partial charge in [0, 0.05) is 54.9 Å². The van der Waals surface area contributed by atoms with Gasteiger partial charge in [0.25, 0.3) is 0 Å². The molecule has 0 atom stereocenters. The first-order valence-corrected chi connectivity index (χ1v) is 9.15. The number of nitrogens with zero attached hydrogens (tertiary/aromatic N) is 2. The van der Waals surface area contributed by atoms with Crippen LogP contribution in [-0.4, -0.2) is 13.1 Å². The number of nitrogens with one attached hydrogen (secondary N) is 1. The lowest BCUT2D eigenvalue weighted by Gasteiger charge is -2.20. The van der Waals surface area contributed by atoms with E-state index in [2.05, 4.69) is 83.5 Å². The summed E-state index contributed by atoms with van der Waals surface area (Å²) in [6, 6.07) is 23.1. The Morgan fingerprint density at radius 2 is 1.48 bits per heavy atom. The first-order valence-electron chi connectivity index (χ1n) is 9.15. The minimum absolute atomic E-state index is 0. The number of halogens is 1. The maximum absolute atomic E-state index is 3.28. The van der Waals surface area contributed by atoms with Gasteiger partial charge in [-0.1, -0.05) is 18.2 Å². The molecule has 4 heteroatoms. The molecule has 0 bridgehead atoms. The third kappa shape index (κ3) is 5.60. The Morgan fingerprint density at radius 3 is 2.07 bits per heavy atom. The number of para-hydroxylation sites is 1. The molecule has 3 aromatic rings. The third-order valence-corrected chi connectivity index (χ3v) is 4.43. The SMILES string of the molecule is CCN(CC)c1ccc(-[n+]2ccc(C=CNc3ccccc3)cc2)cc1.[Cl-]. The summed E-state index contributed by atoms with van der Waals surface area (Å²) in [5.74, 6) is 0. The van der Waals surface area contributed by atoms with E-state index in [0.29, 0.717) is 0 Å². The van der Waals surface area contributed by atoms with Crippen molar-refractivity contribution in [1.82, 2.24) is 0 Å². The van der Waals surface area contributed by atoms with E-state index in [4.69, 9.17) is 0 Å². The predicted molar refractivity (Wildman–Crippen MR) is 111 cm³/mol. The zero-order valence-electron chi connectivity index (χ0n) is 15.8. The fourth-order valence-corrected chi connectivity index (χ4v) is 2.91. The second-order valence-electron chi connectivity index (χ2n) is 6.07. The summed E-state index contributed by atoms with van der Waals surface area (Å²) < 4.78 is 2.13. The van der Waals surface area contributed by atoms with Crippen molar-refractivity contribution in [3.63, 3.8) is 0 Å². The topological polar surface area (TPSA) is 19.1 Å². The number of hydrogen-bond donors (Lipinski definition) is 1. The van der Waals surface area contributed by atoms with Gasteiger partial charge in [-0.15, -0.1) is 0 Å². The smallest absolute Gasteiger partial charge is 0.210 e. The molecule has 2 aromatic carbocycles. The molecule has 0 aliphatic heterocycles. The van der Waals surface area contributed by atoms with Crippen molar-refractivity contribution in [2.24, 2.45) is 0 Å². The molecule has 0 aliphatic rings. The van der Waals surface area contributed by atoms with Crippen LogP contribution in [0.4, 0.5) is 11.4 Å². The maximum atomic E-state index is 3.28. The molecule has 0 amide bonds. The van der Waals surface area contributed by atoms with E-state index in [1.807, 2.05) is 36.5 Å². The van der Waals surface area contributed by atoms with Gasteiger partial charge in [-0.25, -0.2) is 0 Å². The van der Waals surface area contributed by atoms with Gasteiger partial charge in [0.15, 0.2) is 12.4 Å². The van der Waals surface area contributed by atoms with Gasteiger partial charge in [-0.05, 0) is 49.8 Å². The first kappa shape index (κ1) is 20.5. The Morgan fingerprint density at radius 1 is 0.852 bits per heavy atom. The molecule has 140 valence electrons. The highest BCUT2D eigenvalue weighted by atomic mass is 35.5. The van der Waals surface area contributed by atoms with E-state index in [9.17, 15) is 0 Å². The summed E-state index contributed by atoms with van der Waals surface area (Å²) in [6.45, 7) is 6.43. The average Bonchev–Trinajstić information content (AvgIpc) is 2.71. The van der Waals surface area contributed by atoms with Crippen LogP contribution in [0, 0.1) is 0 Å². The van der Waals surface area contributed by atoms with E-state index in [-0.39, 0.29) is 12.4 Å². The normalized spacial score (nSPS) is 10.4. The molecule has 0 saturated carbocycles. The molecule has 1 heterocycles. The predicted octanol–water partition coefficient (Wildman–Crippen LogP) is 1.90. The molecular formula is C23H26ClN3. The van der Waals surface area contributed by atoms with Crippen molar-refractivity contribution in [3.8, 4) is 5.69 Å². The second-order valence-corrected chi connectivity index (χ2v) is 6.07. The number of benzene rings is 2. The van der Waals surface area contributed by atoms with Crippen molar-refractivity contribution >= 4 is 17.5 Å². The standard InChI is InChI=1S/C23H25N3.ClH/c1-3-25(4-2)22-10-12-23(13-11-22)26-18-15-20(16-19-26)14-17-24-21-8-6-5-7-9-21;/h5-19H,3-4H2,1-2H3;1H. The Hall–Kier alpha value is -2.78. The monoisotopic (exact) mass is 379 g/mol. The summed E-state index contributed by atoms with van der Waals surface area (Å²) in [6.07, 6.45) is 8.22. The van der Waals surface area contributed by atoms with Gasteiger partial charge in [0.05, 0.1) is 0 Å². The molecule has 0 saturated heterocycles. The van der Waals surface area contributed by atoms with Crippen LogP contribution in [0.2, 0.25) is 0 Å². The molecule has 0 aliphatic carbocycles. The van der Waals surface area contributed by atoms with E-state index < -0.39 is 0 Å². The van der Waals surface area contributed by atoms with Gasteiger partial charge < -0.3 is 22.6 Å². The van der Waals surface area contributed by atoms with Crippen LogP contribution in [0.25, 0.3) is 11.8 Å². The van der Waals surface area contributed by atoms with Gasteiger partial charge in [0.1, 0.15) is 0 Å². The molecule has 27 heavy (non-hydrogen) atoms. The van der Waals surface area contributed by atoms with E-state index in [1.165, 1.54) is 11.4 Å². The lowest BCUT2D eigenvalue weighted by molar-refractivity contribution is -0.595. The van der Waals surface area contributed by atoms with Crippen molar-refractivity contribution in [1.29, 1.82) is 0 Å². The Labute approximate surface area is 168 Å². The van der Waals surface area contributed by atoms with Crippen LogP contribution in [0.3, 0.4) is 0 Å². The lowest BCUT2D eigenvalue weighted by Crippen LogP contribution is -3.00. The maximum Gasteiger partial charge on any atom is 0.210 e. The Balaban J connectivity index is 0.00000261. The largest absolute Gasteiger partial charge is 1.00 e. The average molecular weight is 380 g/mol. The Bertz CT molecular complexity index is 824. The van der Waals surface area contributed by atoms with E-state index >= 15 is 0 Å². The minimum Gasteiger partial charge on any atom is -1.00 e.